The lowest BCUT2D eigenvalue weighted by Gasteiger charge is -2.26. The van der Waals surface area contributed by atoms with E-state index in [4.69, 9.17) is 9.47 Å². The number of nitrogens with zero attached hydrogens (tertiary/aromatic N) is 1. The number of hydrogen-bond donors (Lipinski definition) is 1. The topological polar surface area (TPSA) is 81.8 Å². The first-order chi connectivity index (χ1) is 9.58. The Morgan fingerprint density at radius 2 is 2.00 bits per heavy atom. The van der Waals surface area contributed by atoms with E-state index >= 15 is 0 Å². The van der Waals surface area contributed by atoms with Crippen LogP contribution >= 0.6 is 0 Å². The Bertz CT molecular complexity index is 528. The van der Waals surface area contributed by atoms with E-state index in [1.807, 2.05) is 0 Å². The molecule has 0 heterocycles. The predicted molar refractivity (Wildman–Crippen MR) is 72.8 cm³/mol. The van der Waals surface area contributed by atoms with Crippen molar-refractivity contribution in [1.82, 2.24) is 0 Å². The van der Waals surface area contributed by atoms with Crippen LogP contribution < -0.4 is 9.47 Å². The molecule has 0 radical (unpaired) electrons. The van der Waals surface area contributed by atoms with Gasteiger partial charge in [-0.05, 0) is 24.1 Å². The van der Waals surface area contributed by atoms with Crippen LogP contribution in [0.4, 0.5) is 0 Å². The maximum atomic E-state index is 11.2. The van der Waals surface area contributed by atoms with Crippen LogP contribution in [-0.2, 0) is 0 Å². The molecule has 2 rings (SSSR count). The van der Waals surface area contributed by atoms with E-state index in [9.17, 15) is 15.2 Å². The van der Waals surface area contributed by atoms with Crippen molar-refractivity contribution in [2.75, 3.05) is 14.2 Å². The minimum atomic E-state index is -1.07. The second-order valence-electron chi connectivity index (χ2n) is 4.65. The van der Waals surface area contributed by atoms with Gasteiger partial charge in [0, 0.05) is 4.92 Å². The molecular weight excluding hydrogens is 262 g/mol. The van der Waals surface area contributed by atoms with Gasteiger partial charge in [0.05, 0.1) is 20.1 Å². The number of ether oxygens (including phenoxy) is 2. The SMILES string of the molecule is COc1ccc([C@@H]2CC=C[C@H](O)[C@H]2[N+](=O)[O-])cc1OC. The number of benzene rings is 1. The van der Waals surface area contributed by atoms with Gasteiger partial charge >= 0.3 is 0 Å². The number of hydrogen-bond acceptors (Lipinski definition) is 5. The van der Waals surface area contributed by atoms with Gasteiger partial charge in [-0.3, -0.25) is 10.1 Å². The molecule has 6 heteroatoms. The molecule has 0 spiro atoms. The maximum Gasteiger partial charge on any atom is 0.249 e. The van der Waals surface area contributed by atoms with E-state index < -0.39 is 17.1 Å². The standard InChI is InChI=1S/C14H17NO5/c1-19-12-7-6-9(8-13(12)20-2)10-4-3-5-11(16)14(10)15(17)18/h3,5-8,10-11,14,16H,4H2,1-2H3/t10-,11-,14-/m0/s1. The summed E-state index contributed by atoms with van der Waals surface area (Å²) >= 11 is 0. The molecule has 0 aromatic heterocycles. The number of aliphatic hydroxyl groups is 1. The monoisotopic (exact) mass is 279 g/mol. The quantitative estimate of drug-likeness (QED) is 0.516. The van der Waals surface area contributed by atoms with Gasteiger partial charge in [0.25, 0.3) is 0 Å². The lowest BCUT2D eigenvalue weighted by Crippen LogP contribution is -2.39. The molecule has 0 saturated carbocycles. The summed E-state index contributed by atoms with van der Waals surface area (Å²) in [5, 5.41) is 21.0. The van der Waals surface area contributed by atoms with Gasteiger partial charge in [0.15, 0.2) is 11.5 Å². The first kappa shape index (κ1) is 14.3. The zero-order chi connectivity index (χ0) is 14.7. The van der Waals surface area contributed by atoms with Gasteiger partial charge < -0.3 is 14.6 Å². The average molecular weight is 279 g/mol. The fourth-order valence-corrected chi connectivity index (χ4v) is 2.54. The molecule has 0 unspecified atom stereocenters. The highest BCUT2D eigenvalue weighted by atomic mass is 16.6. The molecule has 0 saturated heterocycles. The number of methoxy groups -OCH3 is 2. The second kappa shape index (κ2) is 5.92. The molecule has 1 aliphatic carbocycles. The van der Waals surface area contributed by atoms with Crippen molar-refractivity contribution in [3.63, 3.8) is 0 Å². The van der Waals surface area contributed by atoms with Crippen LogP contribution in [0, 0.1) is 10.1 Å². The Morgan fingerprint density at radius 3 is 2.60 bits per heavy atom. The van der Waals surface area contributed by atoms with Crippen molar-refractivity contribution in [2.24, 2.45) is 0 Å². The van der Waals surface area contributed by atoms with Crippen LogP contribution in [0.2, 0.25) is 0 Å². The predicted octanol–water partition coefficient (Wildman–Crippen LogP) is 1.75. The zero-order valence-electron chi connectivity index (χ0n) is 11.4. The van der Waals surface area contributed by atoms with Crippen LogP contribution in [0.5, 0.6) is 11.5 Å². The Labute approximate surface area is 116 Å². The third kappa shape index (κ3) is 2.60. The Hall–Kier alpha value is -2.08. The van der Waals surface area contributed by atoms with Crippen LogP contribution in [0.1, 0.15) is 17.9 Å². The number of allylic oxidation sites excluding steroid dienone is 1. The Kier molecular flexibility index (Phi) is 4.24. The minimum absolute atomic E-state index is 0.384. The van der Waals surface area contributed by atoms with Gasteiger partial charge in [-0.25, -0.2) is 0 Å². The van der Waals surface area contributed by atoms with Gasteiger partial charge in [-0.15, -0.1) is 0 Å². The molecule has 3 atom stereocenters. The molecule has 108 valence electrons. The van der Waals surface area contributed by atoms with Gasteiger partial charge in [0.2, 0.25) is 6.04 Å². The summed E-state index contributed by atoms with van der Waals surface area (Å²) in [6.45, 7) is 0. The van der Waals surface area contributed by atoms with E-state index in [1.165, 1.54) is 20.3 Å². The van der Waals surface area contributed by atoms with Crippen LogP contribution in [0.3, 0.4) is 0 Å². The van der Waals surface area contributed by atoms with Crippen molar-refractivity contribution < 1.29 is 19.5 Å². The van der Waals surface area contributed by atoms with Crippen LogP contribution in [0.25, 0.3) is 0 Å². The van der Waals surface area contributed by atoms with Crippen LogP contribution in [-0.4, -0.2) is 36.4 Å². The summed E-state index contributed by atoms with van der Waals surface area (Å²) in [7, 11) is 3.05. The van der Waals surface area contributed by atoms with Gasteiger partial charge in [-0.1, -0.05) is 18.2 Å². The van der Waals surface area contributed by atoms with Crippen LogP contribution in [0.15, 0.2) is 30.4 Å². The third-order valence-corrected chi connectivity index (χ3v) is 3.56. The molecule has 1 aromatic rings. The highest BCUT2D eigenvalue weighted by Crippen LogP contribution is 2.36. The smallest absolute Gasteiger partial charge is 0.249 e. The van der Waals surface area contributed by atoms with E-state index in [-0.39, 0.29) is 5.92 Å². The molecule has 1 aliphatic rings. The Balaban J connectivity index is 2.39. The first-order valence-electron chi connectivity index (χ1n) is 6.28. The minimum Gasteiger partial charge on any atom is -0.493 e. The summed E-state index contributed by atoms with van der Waals surface area (Å²) in [6, 6.07) is 4.17. The van der Waals surface area contributed by atoms with E-state index in [0.717, 1.165) is 5.56 Å². The number of aliphatic hydroxyl groups excluding tert-OH is 1. The summed E-state index contributed by atoms with van der Waals surface area (Å²) in [4.78, 5) is 10.8. The molecule has 6 nitrogen and oxygen atoms in total. The second-order valence-corrected chi connectivity index (χ2v) is 4.65. The van der Waals surface area contributed by atoms with Crippen molar-refractivity contribution >= 4 is 0 Å². The van der Waals surface area contributed by atoms with E-state index in [0.29, 0.717) is 17.9 Å². The zero-order valence-corrected chi connectivity index (χ0v) is 11.4. The average Bonchev–Trinajstić information content (AvgIpc) is 2.45. The molecule has 0 amide bonds. The lowest BCUT2D eigenvalue weighted by molar-refractivity contribution is -0.536. The highest BCUT2D eigenvalue weighted by Gasteiger charge is 2.40. The fraction of sp³-hybridized carbons (Fsp3) is 0.429. The summed E-state index contributed by atoms with van der Waals surface area (Å²) < 4.78 is 10.4. The molecule has 0 aliphatic heterocycles. The maximum absolute atomic E-state index is 11.2. The fourth-order valence-electron chi connectivity index (χ4n) is 2.54. The largest absolute Gasteiger partial charge is 0.493 e. The van der Waals surface area contributed by atoms with E-state index in [1.54, 1.807) is 24.3 Å². The number of nitro groups is 1. The van der Waals surface area contributed by atoms with Gasteiger partial charge in [-0.2, -0.15) is 0 Å². The van der Waals surface area contributed by atoms with Gasteiger partial charge in [0.1, 0.15) is 6.10 Å². The van der Waals surface area contributed by atoms with Crippen molar-refractivity contribution in [3.8, 4) is 11.5 Å². The molecule has 1 N–H and O–H groups in total. The Morgan fingerprint density at radius 1 is 1.30 bits per heavy atom. The molecule has 1 aromatic carbocycles. The lowest BCUT2D eigenvalue weighted by atomic mass is 9.82. The normalized spacial score (nSPS) is 25.2. The highest BCUT2D eigenvalue weighted by molar-refractivity contribution is 5.44. The van der Waals surface area contributed by atoms with E-state index in [2.05, 4.69) is 0 Å². The summed E-state index contributed by atoms with van der Waals surface area (Å²) in [5.41, 5.74) is 0.757. The summed E-state index contributed by atoms with van der Waals surface area (Å²) in [6.07, 6.45) is 2.69. The molecule has 0 fully saturated rings. The summed E-state index contributed by atoms with van der Waals surface area (Å²) in [5.74, 6) is 0.710. The van der Waals surface area contributed by atoms with Crippen molar-refractivity contribution in [1.29, 1.82) is 0 Å². The van der Waals surface area contributed by atoms with Crippen molar-refractivity contribution in [2.45, 2.75) is 24.5 Å². The van der Waals surface area contributed by atoms with Crippen molar-refractivity contribution in [3.05, 3.63) is 46.0 Å². The molecule has 20 heavy (non-hydrogen) atoms. The number of rotatable bonds is 4. The first-order valence-corrected chi connectivity index (χ1v) is 6.28. The molecule has 0 bridgehead atoms. The molecular formula is C14H17NO5. The third-order valence-electron chi connectivity index (χ3n) is 3.56.